The second kappa shape index (κ2) is 13.2. The molecule has 0 aliphatic heterocycles. The van der Waals surface area contributed by atoms with Crippen LogP contribution >= 0.6 is 11.3 Å². The van der Waals surface area contributed by atoms with Crippen LogP contribution in [-0.2, 0) is 20.7 Å². The zero-order valence-electron chi connectivity index (χ0n) is 23.5. The Morgan fingerprint density at radius 3 is 2.32 bits per heavy atom. The molecule has 4 rings (SSSR count). The highest BCUT2D eigenvalue weighted by molar-refractivity contribution is 7.14. The number of anilines is 2. The third-order valence-corrected chi connectivity index (χ3v) is 6.78. The van der Waals surface area contributed by atoms with Crippen LogP contribution in [0.5, 0.6) is 0 Å². The summed E-state index contributed by atoms with van der Waals surface area (Å²) in [6, 6.07) is 21.9. The van der Waals surface area contributed by atoms with Gasteiger partial charge in [0.1, 0.15) is 12.1 Å². The largest absolute Gasteiger partial charge is 0.444 e. The van der Waals surface area contributed by atoms with Crippen LogP contribution in [0.15, 0.2) is 84.4 Å². The number of nitrogens with zero attached hydrogens (tertiary/aromatic N) is 3. The van der Waals surface area contributed by atoms with Crippen LogP contribution in [0.3, 0.4) is 0 Å². The molecule has 0 unspecified atom stereocenters. The van der Waals surface area contributed by atoms with Gasteiger partial charge >= 0.3 is 6.09 Å². The van der Waals surface area contributed by atoms with Gasteiger partial charge in [0.05, 0.1) is 18.2 Å². The van der Waals surface area contributed by atoms with Crippen molar-refractivity contribution in [1.29, 1.82) is 0 Å². The number of rotatable bonds is 9. The fourth-order valence-electron chi connectivity index (χ4n) is 4.05. The van der Waals surface area contributed by atoms with E-state index in [-0.39, 0.29) is 30.8 Å². The molecule has 0 fully saturated rings. The number of benzene rings is 2. The van der Waals surface area contributed by atoms with Crippen LogP contribution in [0.4, 0.5) is 15.6 Å². The molecular weight excluding hydrogens is 538 g/mol. The zero-order valence-corrected chi connectivity index (χ0v) is 24.3. The Balaban J connectivity index is 1.41. The van der Waals surface area contributed by atoms with Gasteiger partial charge in [-0.2, -0.15) is 0 Å². The van der Waals surface area contributed by atoms with E-state index in [4.69, 9.17) is 4.74 Å². The minimum atomic E-state index is -0.604. The second-order valence-electron chi connectivity index (χ2n) is 10.4. The maximum atomic E-state index is 13.3. The number of pyridine rings is 1. The van der Waals surface area contributed by atoms with Gasteiger partial charge in [0.15, 0.2) is 5.13 Å². The molecule has 41 heavy (non-hydrogen) atoms. The van der Waals surface area contributed by atoms with Gasteiger partial charge in [-0.25, -0.2) is 9.78 Å². The molecule has 4 aromatic rings. The van der Waals surface area contributed by atoms with Crippen molar-refractivity contribution in [3.05, 3.63) is 95.6 Å². The summed E-state index contributed by atoms with van der Waals surface area (Å²) in [4.78, 5) is 48.7. The van der Waals surface area contributed by atoms with E-state index < -0.39 is 11.7 Å². The maximum Gasteiger partial charge on any atom is 0.413 e. The molecule has 0 bridgehead atoms. The normalized spacial score (nSPS) is 11.8. The lowest BCUT2D eigenvalue weighted by molar-refractivity contribution is -0.136. The predicted octanol–water partition coefficient (Wildman–Crippen LogP) is 6.32. The van der Waals surface area contributed by atoms with E-state index in [1.165, 1.54) is 11.3 Å². The highest BCUT2D eigenvalue weighted by Gasteiger charge is 2.25. The minimum Gasteiger partial charge on any atom is -0.444 e. The molecule has 2 N–H and O–H groups in total. The number of carbonyl (C=O) groups is 3. The van der Waals surface area contributed by atoms with E-state index in [0.29, 0.717) is 22.2 Å². The number of carbonyl (C=O) groups excluding carboxylic acids is 3. The summed E-state index contributed by atoms with van der Waals surface area (Å²) >= 11 is 1.29. The van der Waals surface area contributed by atoms with Crippen molar-refractivity contribution in [3.63, 3.8) is 0 Å². The van der Waals surface area contributed by atoms with Crippen molar-refractivity contribution in [2.75, 3.05) is 17.2 Å². The summed E-state index contributed by atoms with van der Waals surface area (Å²) in [6.45, 7) is 7.17. The highest BCUT2D eigenvalue weighted by atomic mass is 32.1. The molecule has 1 atom stereocenters. The molecule has 0 spiro atoms. The number of aromatic nitrogens is 2. The summed E-state index contributed by atoms with van der Waals surface area (Å²) in [6.07, 6.45) is 1.18. The third kappa shape index (κ3) is 8.71. The molecule has 10 heteroatoms. The summed E-state index contributed by atoms with van der Waals surface area (Å²) in [5, 5.41) is 7.79. The number of nitrogens with one attached hydrogen (secondary N) is 2. The monoisotopic (exact) mass is 571 g/mol. The Bertz CT molecular complexity index is 1470. The molecule has 0 aliphatic rings. The summed E-state index contributed by atoms with van der Waals surface area (Å²) in [5.74, 6) is -0.503. The van der Waals surface area contributed by atoms with Gasteiger partial charge < -0.3 is 15.0 Å². The molecule has 0 saturated heterocycles. The van der Waals surface area contributed by atoms with Gasteiger partial charge in [-0.3, -0.25) is 19.9 Å². The molecule has 2 aromatic carbocycles. The average Bonchev–Trinajstić information content (AvgIpc) is 3.40. The molecule has 212 valence electrons. The maximum absolute atomic E-state index is 13.3. The van der Waals surface area contributed by atoms with Crippen molar-refractivity contribution in [2.24, 2.45) is 0 Å². The number of hydrogen-bond acceptors (Lipinski definition) is 7. The summed E-state index contributed by atoms with van der Waals surface area (Å²) < 4.78 is 5.27. The Morgan fingerprint density at radius 2 is 1.66 bits per heavy atom. The van der Waals surface area contributed by atoms with Crippen molar-refractivity contribution < 1.29 is 19.1 Å². The zero-order chi connectivity index (χ0) is 29.4. The van der Waals surface area contributed by atoms with E-state index >= 15 is 0 Å². The van der Waals surface area contributed by atoms with E-state index in [2.05, 4.69) is 20.6 Å². The summed E-state index contributed by atoms with van der Waals surface area (Å²) in [5.41, 5.74) is 3.06. The number of hydrogen-bond donors (Lipinski definition) is 2. The first-order chi connectivity index (χ1) is 19.6. The Hall–Kier alpha value is -4.57. The molecule has 2 heterocycles. The van der Waals surface area contributed by atoms with E-state index in [0.717, 1.165) is 11.1 Å². The fourth-order valence-corrected chi connectivity index (χ4v) is 4.75. The standard InChI is InChI=1S/C31H33N5O4S/c1-21(22-10-6-5-7-11-22)36(28(38)18-25-12-8-9-17-32-25)19-27(37)33-24-15-13-23(14-16-24)26-20-41-29(34-26)35-30(39)40-31(2,3)4/h5-17,20-21H,18-19H2,1-4H3,(H,33,37)(H,34,35,39)/t21-/m0/s1. The van der Waals surface area contributed by atoms with Crippen molar-refractivity contribution >= 4 is 40.1 Å². The van der Waals surface area contributed by atoms with Crippen LogP contribution in [0.25, 0.3) is 11.3 Å². The molecule has 0 aliphatic carbocycles. The lowest BCUT2D eigenvalue weighted by Gasteiger charge is -2.29. The fraction of sp³-hybridized carbons (Fsp3) is 0.258. The molecule has 2 aromatic heterocycles. The molecule has 3 amide bonds. The quantitative estimate of drug-likeness (QED) is 0.243. The van der Waals surface area contributed by atoms with E-state index in [1.54, 1.807) is 56.1 Å². The Labute approximate surface area is 243 Å². The number of thiazole rings is 1. The van der Waals surface area contributed by atoms with Crippen LogP contribution < -0.4 is 10.6 Å². The average molecular weight is 572 g/mol. The van der Waals surface area contributed by atoms with Crippen LogP contribution in [-0.4, -0.2) is 44.9 Å². The molecular formula is C31H33N5O4S. The van der Waals surface area contributed by atoms with Gasteiger partial charge in [-0.15, -0.1) is 11.3 Å². The first kappa shape index (κ1) is 29.4. The van der Waals surface area contributed by atoms with E-state index in [9.17, 15) is 14.4 Å². The lowest BCUT2D eigenvalue weighted by atomic mass is 10.1. The Morgan fingerprint density at radius 1 is 0.951 bits per heavy atom. The molecule has 9 nitrogen and oxygen atoms in total. The van der Waals surface area contributed by atoms with Crippen molar-refractivity contribution in [3.8, 4) is 11.3 Å². The SMILES string of the molecule is C[C@@H](c1ccccc1)N(CC(=O)Nc1ccc(-c2csc(NC(=O)OC(C)(C)C)n2)cc1)C(=O)Cc1ccccn1. The highest BCUT2D eigenvalue weighted by Crippen LogP contribution is 2.27. The lowest BCUT2D eigenvalue weighted by Crippen LogP contribution is -2.40. The predicted molar refractivity (Wildman–Crippen MR) is 161 cm³/mol. The number of amides is 3. The third-order valence-electron chi connectivity index (χ3n) is 6.02. The second-order valence-corrected chi connectivity index (χ2v) is 11.3. The first-order valence-electron chi connectivity index (χ1n) is 13.2. The topological polar surface area (TPSA) is 114 Å². The molecule has 0 radical (unpaired) electrons. The van der Waals surface area contributed by atoms with Gasteiger partial charge in [-0.1, -0.05) is 48.5 Å². The van der Waals surface area contributed by atoms with E-state index in [1.807, 2.05) is 60.8 Å². The van der Waals surface area contributed by atoms with Crippen LogP contribution in [0, 0.1) is 0 Å². The summed E-state index contributed by atoms with van der Waals surface area (Å²) in [7, 11) is 0. The minimum absolute atomic E-state index is 0.0956. The van der Waals surface area contributed by atoms with Crippen molar-refractivity contribution in [2.45, 2.75) is 45.8 Å². The van der Waals surface area contributed by atoms with Gasteiger partial charge in [-0.05, 0) is 57.5 Å². The Kier molecular flexibility index (Phi) is 9.46. The van der Waals surface area contributed by atoms with Crippen molar-refractivity contribution in [1.82, 2.24) is 14.9 Å². The van der Waals surface area contributed by atoms with Gasteiger partial charge in [0.2, 0.25) is 11.8 Å². The van der Waals surface area contributed by atoms with Gasteiger partial charge in [0.25, 0.3) is 0 Å². The van der Waals surface area contributed by atoms with Crippen LogP contribution in [0.1, 0.15) is 45.0 Å². The van der Waals surface area contributed by atoms with Crippen LogP contribution in [0.2, 0.25) is 0 Å². The number of ether oxygens (including phenoxy) is 1. The smallest absolute Gasteiger partial charge is 0.413 e. The van der Waals surface area contributed by atoms with Gasteiger partial charge in [0, 0.05) is 28.5 Å². The molecule has 0 saturated carbocycles. The first-order valence-corrected chi connectivity index (χ1v) is 14.1.